The summed E-state index contributed by atoms with van der Waals surface area (Å²) < 4.78 is 5.44. The van der Waals surface area contributed by atoms with Crippen LogP contribution in [-0.4, -0.2) is 23.9 Å². The number of hydrogen-bond acceptors (Lipinski definition) is 3. The van der Waals surface area contributed by atoms with Crippen molar-refractivity contribution in [3.63, 3.8) is 0 Å². The van der Waals surface area contributed by atoms with E-state index in [2.05, 4.69) is 0 Å². The molecule has 1 aliphatic rings. The maximum atomic E-state index is 13.0. The summed E-state index contributed by atoms with van der Waals surface area (Å²) >= 11 is 6.06. The van der Waals surface area contributed by atoms with Crippen molar-refractivity contribution < 1.29 is 9.21 Å². The van der Waals surface area contributed by atoms with Crippen LogP contribution in [0.1, 0.15) is 29.6 Å². The Balaban J connectivity index is 1.83. The fourth-order valence-electron chi connectivity index (χ4n) is 3.45. The summed E-state index contributed by atoms with van der Waals surface area (Å²) in [5, 5.41) is 1.29. The van der Waals surface area contributed by atoms with E-state index in [1.54, 1.807) is 36.4 Å². The van der Waals surface area contributed by atoms with Crippen molar-refractivity contribution in [2.45, 2.75) is 19.3 Å². The predicted octanol–water partition coefficient (Wildman–Crippen LogP) is 4.74. The summed E-state index contributed by atoms with van der Waals surface area (Å²) in [5.74, 6) is -0.0362. The Hall–Kier alpha value is -2.59. The average Bonchev–Trinajstić information content (AvgIpc) is 2.68. The van der Waals surface area contributed by atoms with Crippen LogP contribution in [0.2, 0.25) is 5.02 Å². The lowest BCUT2D eigenvalue weighted by molar-refractivity contribution is 0.0725. The first-order valence-corrected chi connectivity index (χ1v) is 9.13. The molecule has 2 heterocycles. The minimum atomic E-state index is -0.460. The molecule has 1 aliphatic heterocycles. The molecule has 0 radical (unpaired) electrons. The zero-order valence-electron chi connectivity index (χ0n) is 14.2. The van der Waals surface area contributed by atoms with Gasteiger partial charge in [-0.1, -0.05) is 29.8 Å². The van der Waals surface area contributed by atoms with Gasteiger partial charge in [0, 0.05) is 34.6 Å². The summed E-state index contributed by atoms with van der Waals surface area (Å²) in [6, 6.07) is 14.1. The van der Waals surface area contributed by atoms with Gasteiger partial charge in [-0.05, 0) is 49.6 Å². The van der Waals surface area contributed by atoms with E-state index < -0.39 is 5.63 Å². The summed E-state index contributed by atoms with van der Waals surface area (Å²) in [4.78, 5) is 27.4. The molecule has 3 aromatic rings. The molecule has 2 aromatic carbocycles. The average molecular weight is 368 g/mol. The largest absolute Gasteiger partial charge is 0.422 e. The summed E-state index contributed by atoms with van der Waals surface area (Å²) in [6.07, 6.45) is 3.19. The van der Waals surface area contributed by atoms with Crippen molar-refractivity contribution in [3.8, 4) is 11.1 Å². The summed E-state index contributed by atoms with van der Waals surface area (Å²) in [7, 11) is 0. The SMILES string of the molecule is O=C(c1ccccc1-c1cc2cc(Cl)ccc2oc1=O)N1CCCCC1. The lowest BCUT2D eigenvalue weighted by Crippen LogP contribution is -2.35. The van der Waals surface area contributed by atoms with Gasteiger partial charge in [0.2, 0.25) is 0 Å². The Morgan fingerprint density at radius 1 is 0.962 bits per heavy atom. The second kappa shape index (κ2) is 6.96. The monoisotopic (exact) mass is 367 g/mol. The van der Waals surface area contributed by atoms with Gasteiger partial charge >= 0.3 is 5.63 Å². The Morgan fingerprint density at radius 3 is 2.54 bits per heavy atom. The molecule has 0 spiro atoms. The maximum Gasteiger partial charge on any atom is 0.344 e. The van der Waals surface area contributed by atoms with Gasteiger partial charge in [-0.2, -0.15) is 0 Å². The molecule has 0 bridgehead atoms. The number of halogens is 1. The molecule has 1 amide bonds. The lowest BCUT2D eigenvalue weighted by atomic mass is 9.98. The number of rotatable bonds is 2. The standard InChI is InChI=1S/C21H18ClNO3/c22-15-8-9-19-14(12-15)13-18(21(25)26-19)16-6-2-3-7-17(16)20(24)23-10-4-1-5-11-23/h2-3,6-9,12-13H,1,4-5,10-11H2. The minimum Gasteiger partial charge on any atom is -0.422 e. The Labute approximate surface area is 156 Å². The quantitative estimate of drug-likeness (QED) is 0.615. The molecule has 1 aromatic heterocycles. The number of nitrogens with zero attached hydrogens (tertiary/aromatic N) is 1. The number of carbonyl (C=O) groups is 1. The first-order chi connectivity index (χ1) is 12.6. The molecular formula is C21H18ClNO3. The van der Waals surface area contributed by atoms with Gasteiger partial charge in [0.25, 0.3) is 5.91 Å². The van der Waals surface area contributed by atoms with Gasteiger partial charge in [0.05, 0.1) is 5.56 Å². The zero-order valence-corrected chi connectivity index (χ0v) is 15.0. The highest BCUT2D eigenvalue weighted by Crippen LogP contribution is 2.27. The first-order valence-electron chi connectivity index (χ1n) is 8.75. The molecule has 0 aliphatic carbocycles. The van der Waals surface area contributed by atoms with E-state index in [4.69, 9.17) is 16.0 Å². The predicted molar refractivity (Wildman–Crippen MR) is 103 cm³/mol. The molecule has 0 saturated carbocycles. The number of benzene rings is 2. The number of carbonyl (C=O) groups excluding carboxylic acids is 1. The number of fused-ring (bicyclic) bond motifs is 1. The molecule has 0 atom stereocenters. The van der Waals surface area contributed by atoms with Crippen molar-refractivity contribution in [2.75, 3.05) is 13.1 Å². The van der Waals surface area contributed by atoms with E-state index in [0.717, 1.165) is 37.7 Å². The van der Waals surface area contributed by atoms with Crippen molar-refractivity contribution >= 4 is 28.5 Å². The van der Waals surface area contributed by atoms with E-state index in [-0.39, 0.29) is 5.91 Å². The summed E-state index contributed by atoms with van der Waals surface area (Å²) in [6.45, 7) is 1.52. The van der Waals surface area contributed by atoms with Crippen LogP contribution < -0.4 is 5.63 Å². The highest BCUT2D eigenvalue weighted by molar-refractivity contribution is 6.31. The first kappa shape index (κ1) is 16.9. The van der Waals surface area contributed by atoms with Crippen LogP contribution in [0, 0.1) is 0 Å². The van der Waals surface area contributed by atoms with Gasteiger partial charge < -0.3 is 9.32 Å². The molecule has 1 fully saturated rings. The second-order valence-electron chi connectivity index (χ2n) is 6.53. The Morgan fingerprint density at radius 2 is 1.73 bits per heavy atom. The van der Waals surface area contributed by atoms with E-state index in [1.807, 2.05) is 17.0 Å². The van der Waals surface area contributed by atoms with Crippen molar-refractivity contribution in [3.05, 3.63) is 69.5 Å². The van der Waals surface area contributed by atoms with Crippen molar-refractivity contribution in [2.24, 2.45) is 0 Å². The van der Waals surface area contributed by atoms with E-state index in [0.29, 0.717) is 27.3 Å². The van der Waals surface area contributed by atoms with Crippen LogP contribution in [0.3, 0.4) is 0 Å². The third kappa shape index (κ3) is 3.13. The third-order valence-corrected chi connectivity index (χ3v) is 5.02. The number of likely N-dealkylation sites (tertiary alicyclic amines) is 1. The lowest BCUT2D eigenvalue weighted by Gasteiger charge is -2.27. The molecular weight excluding hydrogens is 350 g/mol. The van der Waals surface area contributed by atoms with Gasteiger partial charge in [0.1, 0.15) is 5.58 Å². The molecule has 1 saturated heterocycles. The van der Waals surface area contributed by atoms with Crippen LogP contribution in [0.5, 0.6) is 0 Å². The van der Waals surface area contributed by atoms with E-state index in [1.165, 1.54) is 0 Å². The van der Waals surface area contributed by atoms with Gasteiger partial charge in [-0.15, -0.1) is 0 Å². The fourth-order valence-corrected chi connectivity index (χ4v) is 3.63. The molecule has 0 unspecified atom stereocenters. The Kier molecular flexibility index (Phi) is 4.51. The van der Waals surface area contributed by atoms with Crippen LogP contribution >= 0.6 is 11.6 Å². The van der Waals surface area contributed by atoms with Crippen LogP contribution in [0.4, 0.5) is 0 Å². The van der Waals surface area contributed by atoms with Crippen LogP contribution in [-0.2, 0) is 0 Å². The molecule has 0 N–H and O–H groups in total. The maximum absolute atomic E-state index is 13.0. The van der Waals surface area contributed by atoms with E-state index in [9.17, 15) is 9.59 Å². The third-order valence-electron chi connectivity index (χ3n) is 4.79. The normalized spacial score (nSPS) is 14.6. The molecule has 5 heteroatoms. The zero-order chi connectivity index (χ0) is 18.1. The highest BCUT2D eigenvalue weighted by Gasteiger charge is 2.22. The number of hydrogen-bond donors (Lipinski definition) is 0. The number of amides is 1. The number of piperidine rings is 1. The van der Waals surface area contributed by atoms with Gasteiger partial charge in [0.15, 0.2) is 0 Å². The Bertz CT molecular complexity index is 1030. The topological polar surface area (TPSA) is 50.5 Å². The van der Waals surface area contributed by atoms with Gasteiger partial charge in [-0.3, -0.25) is 4.79 Å². The van der Waals surface area contributed by atoms with E-state index >= 15 is 0 Å². The van der Waals surface area contributed by atoms with Crippen LogP contribution in [0.15, 0.2) is 57.7 Å². The van der Waals surface area contributed by atoms with Gasteiger partial charge in [-0.25, -0.2) is 4.79 Å². The second-order valence-corrected chi connectivity index (χ2v) is 6.96. The highest BCUT2D eigenvalue weighted by atomic mass is 35.5. The summed E-state index contributed by atoms with van der Waals surface area (Å²) in [5.41, 5.74) is 1.52. The van der Waals surface area contributed by atoms with Crippen LogP contribution in [0.25, 0.3) is 22.1 Å². The molecule has 132 valence electrons. The smallest absolute Gasteiger partial charge is 0.344 e. The molecule has 4 rings (SSSR count). The van der Waals surface area contributed by atoms with Crippen molar-refractivity contribution in [1.29, 1.82) is 0 Å². The molecule has 4 nitrogen and oxygen atoms in total. The minimum absolute atomic E-state index is 0.0362. The fraction of sp³-hybridized carbons (Fsp3) is 0.238. The molecule has 26 heavy (non-hydrogen) atoms. The van der Waals surface area contributed by atoms with Crippen molar-refractivity contribution in [1.82, 2.24) is 4.90 Å².